The Labute approximate surface area is 235 Å². The molecule has 0 heterocycles. The van der Waals surface area contributed by atoms with Crippen molar-refractivity contribution in [1.82, 2.24) is 10.2 Å². The lowest BCUT2D eigenvalue weighted by Gasteiger charge is -2.32. The van der Waals surface area contributed by atoms with Gasteiger partial charge in [0.15, 0.2) is 0 Å². The summed E-state index contributed by atoms with van der Waals surface area (Å²) in [6.45, 7) is 0.666. The highest BCUT2D eigenvalue weighted by Gasteiger charge is 2.32. The Morgan fingerprint density at radius 2 is 1.58 bits per heavy atom. The maximum Gasteiger partial charge on any atom is 0.243 e. The molecule has 38 heavy (non-hydrogen) atoms. The average Bonchev–Trinajstić information content (AvgIpc) is 3.44. The summed E-state index contributed by atoms with van der Waals surface area (Å²) in [7, 11) is 0. The van der Waals surface area contributed by atoms with E-state index in [1.807, 2.05) is 66.7 Å². The number of hydrogen-bond acceptors (Lipinski definition) is 3. The van der Waals surface area contributed by atoms with E-state index >= 15 is 0 Å². The number of hydrogen-bond donors (Lipinski definition) is 1. The number of benzene rings is 3. The topological polar surface area (TPSA) is 58.6 Å². The monoisotopic (exact) mass is 552 g/mol. The summed E-state index contributed by atoms with van der Waals surface area (Å²) in [5.74, 6) is 0.551. The third-order valence-electron chi connectivity index (χ3n) is 6.86. The van der Waals surface area contributed by atoms with E-state index in [2.05, 4.69) is 5.32 Å². The van der Waals surface area contributed by atoms with Crippen LogP contribution >= 0.6 is 23.2 Å². The first kappa shape index (κ1) is 28.0. The standard InChI is InChI=1S/C31H34Cl2N2O3/c32-27-18-17-24(20-28(27)33)22-35(30(36)16-9-19-38-26-14-5-2-6-15-26)29(21-23-10-3-1-4-11-23)31(37)34-25-12-7-8-13-25/h1-6,10-11,14-15,17-18,20,25,29H,7-9,12-13,16,19,21-22H2,(H,34,37). The molecule has 0 radical (unpaired) electrons. The first-order chi connectivity index (χ1) is 18.5. The third-order valence-corrected chi connectivity index (χ3v) is 7.60. The first-order valence-corrected chi connectivity index (χ1v) is 14.0. The number of carbonyl (C=O) groups excluding carboxylic acids is 2. The van der Waals surface area contributed by atoms with E-state index in [1.165, 1.54) is 0 Å². The predicted molar refractivity (Wildman–Crippen MR) is 153 cm³/mol. The van der Waals surface area contributed by atoms with Gasteiger partial charge in [-0.3, -0.25) is 9.59 Å². The van der Waals surface area contributed by atoms with Gasteiger partial charge in [0.2, 0.25) is 11.8 Å². The maximum atomic E-state index is 13.7. The molecule has 3 aromatic carbocycles. The molecule has 1 aliphatic rings. The van der Waals surface area contributed by atoms with Gasteiger partial charge in [-0.1, -0.05) is 90.6 Å². The van der Waals surface area contributed by atoms with E-state index < -0.39 is 6.04 Å². The lowest BCUT2D eigenvalue weighted by Crippen LogP contribution is -2.52. The molecule has 1 saturated carbocycles. The van der Waals surface area contributed by atoms with Crippen molar-refractivity contribution in [1.29, 1.82) is 0 Å². The van der Waals surface area contributed by atoms with E-state index in [-0.39, 0.29) is 30.8 Å². The Balaban J connectivity index is 1.54. The van der Waals surface area contributed by atoms with Crippen molar-refractivity contribution in [2.24, 2.45) is 0 Å². The zero-order valence-electron chi connectivity index (χ0n) is 21.5. The molecular formula is C31H34Cl2N2O3. The largest absolute Gasteiger partial charge is 0.494 e. The molecule has 1 N–H and O–H groups in total. The number of ether oxygens (including phenoxy) is 1. The van der Waals surface area contributed by atoms with Crippen LogP contribution in [-0.4, -0.2) is 35.4 Å². The van der Waals surface area contributed by atoms with Crippen molar-refractivity contribution in [2.45, 2.75) is 63.6 Å². The van der Waals surface area contributed by atoms with Gasteiger partial charge in [0.25, 0.3) is 0 Å². The van der Waals surface area contributed by atoms with Crippen molar-refractivity contribution in [2.75, 3.05) is 6.61 Å². The van der Waals surface area contributed by atoms with Crippen LogP contribution in [0.5, 0.6) is 5.75 Å². The molecule has 1 aliphatic carbocycles. The van der Waals surface area contributed by atoms with Crippen molar-refractivity contribution in [3.05, 3.63) is 100 Å². The second kappa shape index (κ2) is 14.2. The van der Waals surface area contributed by atoms with Crippen molar-refractivity contribution >= 4 is 35.0 Å². The van der Waals surface area contributed by atoms with E-state index in [1.54, 1.807) is 17.0 Å². The molecule has 0 aliphatic heterocycles. The molecule has 0 saturated heterocycles. The van der Waals surface area contributed by atoms with E-state index in [4.69, 9.17) is 27.9 Å². The van der Waals surface area contributed by atoms with Gasteiger partial charge in [-0.15, -0.1) is 0 Å². The summed E-state index contributed by atoms with van der Waals surface area (Å²) in [5, 5.41) is 4.09. The Bertz CT molecular complexity index is 1180. The van der Waals surface area contributed by atoms with Crippen LogP contribution in [0.1, 0.15) is 49.7 Å². The SMILES string of the molecule is O=C(NC1CCCC1)C(Cc1ccccc1)N(Cc1ccc(Cl)c(Cl)c1)C(=O)CCCOc1ccccc1. The number of nitrogens with zero attached hydrogens (tertiary/aromatic N) is 1. The zero-order valence-corrected chi connectivity index (χ0v) is 23.0. The highest BCUT2D eigenvalue weighted by Crippen LogP contribution is 2.25. The third kappa shape index (κ3) is 8.24. The fourth-order valence-corrected chi connectivity index (χ4v) is 5.15. The van der Waals surface area contributed by atoms with Crippen LogP contribution in [-0.2, 0) is 22.6 Å². The number of amides is 2. The molecule has 1 fully saturated rings. The molecule has 0 aromatic heterocycles. The number of rotatable bonds is 12. The first-order valence-electron chi connectivity index (χ1n) is 13.2. The van der Waals surface area contributed by atoms with Crippen LogP contribution in [0.4, 0.5) is 0 Å². The number of carbonyl (C=O) groups is 2. The van der Waals surface area contributed by atoms with Gasteiger partial charge >= 0.3 is 0 Å². The molecule has 4 rings (SSSR count). The highest BCUT2D eigenvalue weighted by molar-refractivity contribution is 6.42. The van der Waals surface area contributed by atoms with E-state index in [9.17, 15) is 9.59 Å². The number of para-hydroxylation sites is 1. The van der Waals surface area contributed by atoms with Crippen LogP contribution in [0.3, 0.4) is 0 Å². The molecule has 1 unspecified atom stereocenters. The quantitative estimate of drug-likeness (QED) is 0.250. The fraction of sp³-hybridized carbons (Fsp3) is 0.355. The second-order valence-corrected chi connectivity index (χ2v) is 10.5. The van der Waals surface area contributed by atoms with Crippen LogP contribution in [0.15, 0.2) is 78.9 Å². The highest BCUT2D eigenvalue weighted by atomic mass is 35.5. The van der Waals surface area contributed by atoms with Gasteiger partial charge in [-0.2, -0.15) is 0 Å². The minimum atomic E-state index is -0.657. The number of nitrogens with one attached hydrogen (secondary N) is 1. The van der Waals surface area contributed by atoms with Gasteiger partial charge in [0.05, 0.1) is 16.7 Å². The van der Waals surface area contributed by atoms with Crippen LogP contribution in [0, 0.1) is 0 Å². The Morgan fingerprint density at radius 3 is 2.26 bits per heavy atom. The molecule has 5 nitrogen and oxygen atoms in total. The molecule has 1 atom stereocenters. The fourth-order valence-electron chi connectivity index (χ4n) is 4.83. The van der Waals surface area contributed by atoms with Crippen LogP contribution in [0.25, 0.3) is 0 Å². The molecule has 7 heteroatoms. The molecule has 200 valence electrons. The van der Waals surface area contributed by atoms with Crippen molar-refractivity contribution in [3.63, 3.8) is 0 Å². The Hall–Kier alpha value is -3.02. The van der Waals surface area contributed by atoms with Gasteiger partial charge in [-0.25, -0.2) is 0 Å². The average molecular weight is 554 g/mol. The molecule has 0 bridgehead atoms. The summed E-state index contributed by atoms with van der Waals surface area (Å²) >= 11 is 12.4. The van der Waals surface area contributed by atoms with E-state index in [0.717, 1.165) is 42.6 Å². The maximum absolute atomic E-state index is 13.7. The van der Waals surface area contributed by atoms with Gasteiger partial charge < -0.3 is 15.0 Å². The van der Waals surface area contributed by atoms with Gasteiger partial charge in [0, 0.05) is 25.4 Å². The second-order valence-electron chi connectivity index (χ2n) is 9.73. The normalized spacial score (nSPS) is 14.2. The summed E-state index contributed by atoms with van der Waals surface area (Å²) < 4.78 is 5.79. The summed E-state index contributed by atoms with van der Waals surface area (Å²) in [6, 6.07) is 24.2. The van der Waals surface area contributed by atoms with Crippen molar-refractivity contribution < 1.29 is 14.3 Å². The minimum absolute atomic E-state index is 0.102. The smallest absolute Gasteiger partial charge is 0.243 e. The predicted octanol–water partition coefficient (Wildman–Crippen LogP) is 6.85. The minimum Gasteiger partial charge on any atom is -0.494 e. The molecule has 0 spiro atoms. The van der Waals surface area contributed by atoms with Crippen molar-refractivity contribution in [3.8, 4) is 5.75 Å². The van der Waals surface area contributed by atoms with Crippen LogP contribution in [0.2, 0.25) is 10.0 Å². The van der Waals surface area contributed by atoms with Crippen LogP contribution < -0.4 is 10.1 Å². The lowest BCUT2D eigenvalue weighted by molar-refractivity contribution is -0.141. The molecular weight excluding hydrogens is 519 g/mol. The Kier molecular flexibility index (Phi) is 10.5. The Morgan fingerprint density at radius 1 is 0.895 bits per heavy atom. The zero-order chi connectivity index (χ0) is 26.7. The molecule has 2 amide bonds. The van der Waals surface area contributed by atoms with Gasteiger partial charge in [-0.05, 0) is 54.7 Å². The summed E-state index contributed by atoms with van der Waals surface area (Å²) in [5.41, 5.74) is 1.82. The summed E-state index contributed by atoms with van der Waals surface area (Å²) in [6.07, 6.45) is 5.39. The molecule has 3 aromatic rings. The lowest BCUT2D eigenvalue weighted by atomic mass is 10.0. The van der Waals surface area contributed by atoms with E-state index in [0.29, 0.717) is 29.5 Å². The van der Waals surface area contributed by atoms with Gasteiger partial charge in [0.1, 0.15) is 11.8 Å². The number of halogens is 2. The summed E-state index contributed by atoms with van der Waals surface area (Å²) in [4.78, 5) is 29.1.